The lowest BCUT2D eigenvalue weighted by molar-refractivity contribution is -0.140. The van der Waals surface area contributed by atoms with Crippen molar-refractivity contribution < 1.29 is 18.8 Å². The van der Waals surface area contributed by atoms with E-state index >= 15 is 0 Å². The number of amides is 3. The van der Waals surface area contributed by atoms with Crippen LogP contribution in [0, 0.1) is 5.92 Å². The summed E-state index contributed by atoms with van der Waals surface area (Å²) in [7, 11) is 0. The monoisotopic (exact) mass is 454 g/mol. The molecule has 0 spiro atoms. The summed E-state index contributed by atoms with van der Waals surface area (Å²) < 4.78 is 5.10. The molecule has 8 nitrogen and oxygen atoms in total. The Bertz CT molecular complexity index is 892. The Morgan fingerprint density at radius 1 is 1.15 bits per heavy atom. The Morgan fingerprint density at radius 3 is 2.58 bits per heavy atom. The summed E-state index contributed by atoms with van der Waals surface area (Å²) in [6.45, 7) is 4.31. The van der Waals surface area contributed by atoms with Gasteiger partial charge in [-0.05, 0) is 43.4 Å². The van der Waals surface area contributed by atoms with Crippen molar-refractivity contribution in [3.63, 3.8) is 0 Å². The van der Waals surface area contributed by atoms with Gasteiger partial charge in [-0.15, -0.1) is 0 Å². The van der Waals surface area contributed by atoms with Gasteiger partial charge in [0.15, 0.2) is 5.76 Å². The average molecular weight is 455 g/mol. The Hall–Kier alpha value is -3.16. The highest BCUT2D eigenvalue weighted by Gasteiger charge is 2.33. The van der Waals surface area contributed by atoms with E-state index in [2.05, 4.69) is 29.5 Å². The number of pyridine rings is 1. The molecule has 1 saturated carbocycles. The Labute approximate surface area is 195 Å². The molecule has 0 bridgehead atoms. The average Bonchev–Trinajstić information content (AvgIpc) is 3.36. The second-order valence-corrected chi connectivity index (χ2v) is 8.96. The lowest BCUT2D eigenvalue weighted by Crippen LogP contribution is -2.49. The number of rotatable bonds is 10. The fraction of sp³-hybridized carbons (Fsp3) is 0.520. The summed E-state index contributed by atoms with van der Waals surface area (Å²) in [6.07, 6.45) is 10.7. The summed E-state index contributed by atoms with van der Waals surface area (Å²) in [6, 6.07) is 6.03. The van der Waals surface area contributed by atoms with Crippen LogP contribution in [0.3, 0.4) is 0 Å². The van der Waals surface area contributed by atoms with Crippen molar-refractivity contribution in [1.82, 2.24) is 20.5 Å². The minimum Gasteiger partial charge on any atom is -0.459 e. The molecule has 3 rings (SSSR count). The molecule has 0 saturated heterocycles. The highest BCUT2D eigenvalue weighted by Crippen LogP contribution is 2.24. The standard InChI is InChI=1S/C25H34N4O4/c1-18(2)12-14-29(22(30)17-27-24(31)21-11-7-15-33-21)23(19-8-6-13-26-16-19)25(32)28-20-9-4-3-5-10-20/h6-8,11,13,15-16,18,20,23H,3-5,9-10,12,14,17H2,1-2H3,(H,27,31)(H,28,32)/t23-/m1/s1. The number of aromatic nitrogens is 1. The van der Waals surface area contributed by atoms with Crippen LogP contribution in [0.15, 0.2) is 47.3 Å². The van der Waals surface area contributed by atoms with E-state index in [9.17, 15) is 14.4 Å². The van der Waals surface area contributed by atoms with Crippen LogP contribution < -0.4 is 10.6 Å². The molecule has 0 radical (unpaired) electrons. The molecule has 1 aliphatic carbocycles. The fourth-order valence-electron chi connectivity index (χ4n) is 4.09. The molecule has 2 N–H and O–H groups in total. The predicted octanol–water partition coefficient (Wildman–Crippen LogP) is 3.47. The van der Waals surface area contributed by atoms with Crippen LogP contribution in [0.25, 0.3) is 0 Å². The van der Waals surface area contributed by atoms with Crippen molar-refractivity contribution in [2.45, 2.75) is 64.5 Å². The summed E-state index contributed by atoms with van der Waals surface area (Å²) in [5.41, 5.74) is 0.653. The summed E-state index contributed by atoms with van der Waals surface area (Å²) in [4.78, 5) is 44.8. The van der Waals surface area contributed by atoms with Gasteiger partial charge in [0.1, 0.15) is 6.04 Å². The minimum absolute atomic E-state index is 0.117. The van der Waals surface area contributed by atoms with E-state index in [-0.39, 0.29) is 30.2 Å². The molecule has 2 heterocycles. The van der Waals surface area contributed by atoms with Crippen molar-refractivity contribution >= 4 is 17.7 Å². The zero-order chi connectivity index (χ0) is 23.6. The van der Waals surface area contributed by atoms with E-state index in [1.54, 1.807) is 29.4 Å². The molecule has 2 aromatic rings. The second-order valence-electron chi connectivity index (χ2n) is 8.96. The first-order valence-electron chi connectivity index (χ1n) is 11.8. The molecule has 178 valence electrons. The van der Waals surface area contributed by atoms with Gasteiger partial charge in [0.05, 0.1) is 12.8 Å². The molecular formula is C25H34N4O4. The third-order valence-electron chi connectivity index (χ3n) is 5.92. The lowest BCUT2D eigenvalue weighted by atomic mass is 9.94. The molecule has 0 aromatic carbocycles. The maximum atomic E-state index is 13.5. The highest BCUT2D eigenvalue weighted by molar-refractivity contribution is 5.95. The normalized spacial score (nSPS) is 15.1. The van der Waals surface area contributed by atoms with Gasteiger partial charge in [-0.3, -0.25) is 19.4 Å². The number of nitrogens with one attached hydrogen (secondary N) is 2. The summed E-state index contributed by atoms with van der Waals surface area (Å²) >= 11 is 0. The number of furan rings is 1. The number of hydrogen-bond acceptors (Lipinski definition) is 5. The molecule has 2 aromatic heterocycles. The maximum Gasteiger partial charge on any atom is 0.287 e. The van der Waals surface area contributed by atoms with Gasteiger partial charge < -0.3 is 20.0 Å². The number of hydrogen-bond donors (Lipinski definition) is 2. The number of carbonyl (C=O) groups excluding carboxylic acids is 3. The van der Waals surface area contributed by atoms with Crippen LogP contribution in [-0.4, -0.2) is 46.7 Å². The van der Waals surface area contributed by atoms with E-state index in [1.165, 1.54) is 18.8 Å². The van der Waals surface area contributed by atoms with Gasteiger partial charge in [0.25, 0.3) is 5.91 Å². The molecule has 3 amide bonds. The van der Waals surface area contributed by atoms with Gasteiger partial charge in [0.2, 0.25) is 11.8 Å². The topological polar surface area (TPSA) is 105 Å². The highest BCUT2D eigenvalue weighted by atomic mass is 16.3. The van der Waals surface area contributed by atoms with Crippen molar-refractivity contribution in [1.29, 1.82) is 0 Å². The summed E-state index contributed by atoms with van der Waals surface area (Å²) in [5.74, 6) is -0.529. The zero-order valence-electron chi connectivity index (χ0n) is 19.5. The van der Waals surface area contributed by atoms with Crippen LogP contribution in [-0.2, 0) is 9.59 Å². The molecule has 1 atom stereocenters. The Kier molecular flexibility index (Phi) is 9.04. The molecule has 33 heavy (non-hydrogen) atoms. The molecule has 8 heteroatoms. The Balaban J connectivity index is 1.80. The van der Waals surface area contributed by atoms with E-state index in [0.29, 0.717) is 18.0 Å². The van der Waals surface area contributed by atoms with Gasteiger partial charge in [0, 0.05) is 30.5 Å². The van der Waals surface area contributed by atoms with Gasteiger partial charge in [-0.1, -0.05) is 39.2 Å². The minimum atomic E-state index is -0.813. The van der Waals surface area contributed by atoms with Crippen LogP contribution in [0.5, 0.6) is 0 Å². The van der Waals surface area contributed by atoms with Crippen molar-refractivity contribution in [3.05, 3.63) is 54.2 Å². The van der Waals surface area contributed by atoms with Crippen LogP contribution in [0.1, 0.15) is 74.5 Å². The Morgan fingerprint density at radius 2 is 1.94 bits per heavy atom. The van der Waals surface area contributed by atoms with Crippen LogP contribution >= 0.6 is 0 Å². The predicted molar refractivity (Wildman–Crippen MR) is 124 cm³/mol. The quantitative estimate of drug-likeness (QED) is 0.572. The molecule has 0 unspecified atom stereocenters. The van der Waals surface area contributed by atoms with Gasteiger partial charge in [-0.2, -0.15) is 0 Å². The first-order chi connectivity index (χ1) is 16.0. The second kappa shape index (κ2) is 12.2. The molecular weight excluding hydrogens is 420 g/mol. The van der Waals surface area contributed by atoms with Crippen LogP contribution in [0.2, 0.25) is 0 Å². The first-order valence-corrected chi connectivity index (χ1v) is 11.8. The van der Waals surface area contributed by atoms with Gasteiger partial charge >= 0.3 is 0 Å². The van der Waals surface area contributed by atoms with Crippen molar-refractivity contribution in [3.8, 4) is 0 Å². The van der Waals surface area contributed by atoms with Crippen LogP contribution in [0.4, 0.5) is 0 Å². The number of carbonyl (C=O) groups is 3. The third kappa shape index (κ3) is 7.17. The van der Waals surface area contributed by atoms with Crippen molar-refractivity contribution in [2.75, 3.05) is 13.1 Å². The largest absolute Gasteiger partial charge is 0.459 e. The maximum absolute atomic E-state index is 13.5. The first kappa shape index (κ1) is 24.5. The fourth-order valence-corrected chi connectivity index (χ4v) is 4.09. The van der Waals surface area contributed by atoms with E-state index in [0.717, 1.165) is 32.1 Å². The molecule has 0 aliphatic heterocycles. The van der Waals surface area contributed by atoms with E-state index in [4.69, 9.17) is 4.42 Å². The number of nitrogens with zero attached hydrogens (tertiary/aromatic N) is 2. The smallest absolute Gasteiger partial charge is 0.287 e. The van der Waals surface area contributed by atoms with E-state index < -0.39 is 11.9 Å². The molecule has 1 aliphatic rings. The van der Waals surface area contributed by atoms with Crippen molar-refractivity contribution in [2.24, 2.45) is 5.92 Å². The zero-order valence-corrected chi connectivity index (χ0v) is 19.5. The molecule has 1 fully saturated rings. The lowest BCUT2D eigenvalue weighted by Gasteiger charge is -2.33. The third-order valence-corrected chi connectivity index (χ3v) is 5.92. The summed E-state index contributed by atoms with van der Waals surface area (Å²) in [5, 5.41) is 5.77. The van der Waals surface area contributed by atoms with E-state index in [1.807, 2.05) is 6.07 Å². The van der Waals surface area contributed by atoms with Gasteiger partial charge in [-0.25, -0.2) is 0 Å². The SMILES string of the molecule is CC(C)CCN(C(=O)CNC(=O)c1ccco1)[C@@H](C(=O)NC1CCCCC1)c1cccnc1.